The number of nitrogens with one attached hydrogen (secondary N) is 1. The molecule has 2 rings (SSSR count). The maximum Gasteiger partial charge on any atom is 0.270 e. The predicted molar refractivity (Wildman–Crippen MR) is 88.4 cm³/mol. The van der Waals surface area contributed by atoms with Crippen molar-refractivity contribution in [1.82, 2.24) is 0 Å². The van der Waals surface area contributed by atoms with Crippen LogP contribution < -0.4 is 11.1 Å². The minimum atomic E-state index is -0.589. The van der Waals surface area contributed by atoms with Gasteiger partial charge in [-0.15, -0.1) is 0 Å². The second-order valence-electron chi connectivity index (χ2n) is 4.29. The fourth-order valence-electron chi connectivity index (χ4n) is 1.87. The first-order valence-corrected chi connectivity index (χ1v) is 6.83. The normalized spacial score (nSPS) is 10.0. The Labute approximate surface area is 136 Å². The first-order chi connectivity index (χ1) is 10.4. The molecule has 0 spiro atoms. The zero-order valence-electron chi connectivity index (χ0n) is 11.1. The number of nitro benzene ring substituents is 1. The van der Waals surface area contributed by atoms with E-state index in [0.717, 1.165) is 6.07 Å². The third-order valence-corrected chi connectivity index (χ3v) is 3.27. The van der Waals surface area contributed by atoms with Crippen LogP contribution in [0, 0.1) is 10.1 Å². The molecule has 112 valence electrons. The third kappa shape index (κ3) is 3.38. The smallest absolute Gasteiger partial charge is 0.270 e. The molecule has 0 fully saturated rings. The fraction of sp³-hybridized carbons (Fsp3) is 0. The van der Waals surface area contributed by atoms with Crippen LogP contribution in [0.3, 0.4) is 0 Å². The zero-order chi connectivity index (χ0) is 16.3. The molecule has 2 aromatic carbocycles. The Morgan fingerprint density at radius 1 is 1.23 bits per heavy atom. The first kappa shape index (κ1) is 15.9. The van der Waals surface area contributed by atoms with E-state index in [4.69, 9.17) is 29.6 Å². The van der Waals surface area contributed by atoms with Crippen LogP contribution in [0.1, 0.15) is 15.9 Å². The Bertz CT molecular complexity index is 780. The summed E-state index contributed by atoms with van der Waals surface area (Å²) in [6.45, 7) is 0. The number of rotatable bonds is 4. The maximum atomic E-state index is 12.6. The Morgan fingerprint density at radius 3 is 2.50 bits per heavy atom. The Kier molecular flexibility index (Phi) is 4.69. The van der Waals surface area contributed by atoms with Crippen LogP contribution in [0.4, 0.5) is 11.4 Å². The summed E-state index contributed by atoms with van der Waals surface area (Å²) in [7, 11) is 0. The summed E-state index contributed by atoms with van der Waals surface area (Å²) >= 11 is 10.7. The Morgan fingerprint density at radius 2 is 1.91 bits per heavy atom. The minimum absolute atomic E-state index is 0.0536. The van der Waals surface area contributed by atoms with Crippen molar-refractivity contribution in [1.29, 1.82) is 0 Å². The molecule has 0 heterocycles. The number of hydrogen-bond acceptors (Lipinski definition) is 4. The zero-order valence-corrected chi connectivity index (χ0v) is 12.6. The number of nitrogens with two attached hydrogens (primary N) is 1. The van der Waals surface area contributed by atoms with E-state index in [-0.39, 0.29) is 32.6 Å². The first-order valence-electron chi connectivity index (χ1n) is 6.04. The van der Waals surface area contributed by atoms with E-state index >= 15 is 0 Å². The van der Waals surface area contributed by atoms with Gasteiger partial charge in [0.1, 0.15) is 0 Å². The lowest BCUT2D eigenvalue weighted by Gasteiger charge is -2.10. The molecule has 0 saturated heterocycles. The number of thiocarbonyl (C=S) groups is 1. The van der Waals surface area contributed by atoms with Crippen molar-refractivity contribution in [2.75, 3.05) is 5.32 Å². The molecule has 0 aliphatic carbocycles. The lowest BCUT2D eigenvalue weighted by atomic mass is 10.0. The summed E-state index contributed by atoms with van der Waals surface area (Å²) in [5.74, 6) is -0.465. The summed E-state index contributed by atoms with van der Waals surface area (Å²) in [5.41, 5.74) is 5.77. The molecular formula is C14H10ClN3O3S. The number of nitrogens with zero attached hydrogens (tertiary/aromatic N) is 1. The van der Waals surface area contributed by atoms with Gasteiger partial charge < -0.3 is 11.1 Å². The van der Waals surface area contributed by atoms with E-state index in [0.29, 0.717) is 0 Å². The average Bonchev–Trinajstić information content (AvgIpc) is 2.46. The molecule has 22 heavy (non-hydrogen) atoms. The molecular weight excluding hydrogens is 326 g/mol. The number of nitro groups is 1. The minimum Gasteiger partial charge on any atom is -0.376 e. The lowest BCUT2D eigenvalue weighted by Crippen LogP contribution is -2.21. The van der Waals surface area contributed by atoms with Crippen molar-refractivity contribution in [3.8, 4) is 0 Å². The van der Waals surface area contributed by atoms with Crippen LogP contribution in [-0.4, -0.2) is 15.8 Å². The number of carbonyl (C=O) groups excluding carboxylic acids is 1. The molecule has 0 aromatic heterocycles. The molecule has 2 aromatic rings. The molecule has 0 unspecified atom stereocenters. The summed E-state index contributed by atoms with van der Waals surface area (Å²) < 4.78 is 0. The van der Waals surface area contributed by atoms with Crippen LogP contribution in [0.5, 0.6) is 0 Å². The highest BCUT2D eigenvalue weighted by molar-refractivity contribution is 7.80. The van der Waals surface area contributed by atoms with Crippen LogP contribution in [0.25, 0.3) is 0 Å². The number of halogens is 1. The number of anilines is 1. The Hall–Kier alpha value is -2.51. The Balaban J connectivity index is 2.57. The molecule has 8 heteroatoms. The van der Waals surface area contributed by atoms with Crippen molar-refractivity contribution >= 4 is 46.1 Å². The van der Waals surface area contributed by atoms with E-state index in [2.05, 4.69) is 5.32 Å². The molecule has 0 bridgehead atoms. The molecule has 6 nitrogen and oxygen atoms in total. The van der Waals surface area contributed by atoms with Gasteiger partial charge in [-0.3, -0.25) is 14.9 Å². The molecule has 0 amide bonds. The van der Waals surface area contributed by atoms with Crippen molar-refractivity contribution in [2.24, 2.45) is 5.73 Å². The van der Waals surface area contributed by atoms with Gasteiger partial charge in [0.15, 0.2) is 10.9 Å². The molecule has 0 aliphatic rings. The summed E-state index contributed by atoms with van der Waals surface area (Å²) in [4.78, 5) is 22.9. The summed E-state index contributed by atoms with van der Waals surface area (Å²) in [6.07, 6.45) is 0. The van der Waals surface area contributed by atoms with E-state index < -0.39 is 10.7 Å². The number of benzene rings is 2. The monoisotopic (exact) mass is 335 g/mol. The van der Waals surface area contributed by atoms with E-state index in [1.807, 2.05) is 0 Å². The topological polar surface area (TPSA) is 98.3 Å². The van der Waals surface area contributed by atoms with Crippen LogP contribution in [0.15, 0.2) is 42.5 Å². The largest absolute Gasteiger partial charge is 0.376 e. The third-order valence-electron chi connectivity index (χ3n) is 2.83. The number of ketones is 1. The van der Waals surface area contributed by atoms with Gasteiger partial charge in [0.2, 0.25) is 0 Å². The van der Waals surface area contributed by atoms with E-state index in [9.17, 15) is 14.9 Å². The number of hydrogen-bond donors (Lipinski definition) is 2. The summed E-state index contributed by atoms with van der Waals surface area (Å²) in [5, 5.41) is 13.7. The van der Waals surface area contributed by atoms with Gasteiger partial charge in [0.25, 0.3) is 5.69 Å². The maximum absolute atomic E-state index is 12.6. The van der Waals surface area contributed by atoms with Gasteiger partial charge in [-0.05, 0) is 30.4 Å². The highest BCUT2D eigenvalue weighted by Crippen LogP contribution is 2.27. The van der Waals surface area contributed by atoms with Gasteiger partial charge in [-0.2, -0.15) is 0 Å². The highest BCUT2D eigenvalue weighted by Gasteiger charge is 2.20. The van der Waals surface area contributed by atoms with Crippen LogP contribution >= 0.6 is 23.8 Å². The van der Waals surface area contributed by atoms with Crippen molar-refractivity contribution < 1.29 is 9.72 Å². The lowest BCUT2D eigenvalue weighted by molar-refractivity contribution is -0.384. The predicted octanol–water partition coefficient (Wildman–Crippen LogP) is 3.13. The molecule has 0 atom stereocenters. The van der Waals surface area contributed by atoms with Crippen LogP contribution in [0.2, 0.25) is 5.02 Å². The molecule has 3 N–H and O–H groups in total. The summed E-state index contributed by atoms with van der Waals surface area (Å²) in [6, 6.07) is 10.2. The van der Waals surface area contributed by atoms with Gasteiger partial charge in [-0.25, -0.2) is 0 Å². The van der Waals surface area contributed by atoms with Gasteiger partial charge >= 0.3 is 0 Å². The average molecular weight is 336 g/mol. The van der Waals surface area contributed by atoms with Crippen molar-refractivity contribution in [3.05, 3.63) is 68.7 Å². The fourth-order valence-corrected chi connectivity index (χ4v) is 2.20. The SMILES string of the molecule is NC(=S)Nc1ccc([N+](=O)[O-])cc1C(=O)c1ccccc1Cl. The van der Waals surface area contributed by atoms with Crippen molar-refractivity contribution in [2.45, 2.75) is 0 Å². The number of carbonyl (C=O) groups is 1. The standard InChI is InChI=1S/C14H10ClN3O3S/c15-11-4-2-1-3-9(11)13(19)10-7-8(18(20)21)5-6-12(10)17-14(16)22/h1-7H,(H3,16,17,22). The second-order valence-corrected chi connectivity index (χ2v) is 5.13. The second kappa shape index (κ2) is 6.50. The molecule has 0 saturated carbocycles. The van der Waals surface area contributed by atoms with Crippen LogP contribution in [-0.2, 0) is 0 Å². The molecule has 0 radical (unpaired) electrons. The van der Waals surface area contributed by atoms with Gasteiger partial charge in [0, 0.05) is 17.7 Å². The van der Waals surface area contributed by atoms with Crippen molar-refractivity contribution in [3.63, 3.8) is 0 Å². The van der Waals surface area contributed by atoms with Gasteiger partial charge in [0.05, 0.1) is 21.2 Å². The van der Waals surface area contributed by atoms with E-state index in [1.54, 1.807) is 18.2 Å². The number of non-ortho nitro benzene ring substituents is 1. The quantitative estimate of drug-likeness (QED) is 0.385. The van der Waals surface area contributed by atoms with Gasteiger partial charge in [-0.1, -0.05) is 23.7 Å². The van der Waals surface area contributed by atoms with E-state index in [1.165, 1.54) is 18.2 Å². The molecule has 0 aliphatic heterocycles. The highest BCUT2D eigenvalue weighted by atomic mass is 35.5.